The average Bonchev–Trinajstić information content (AvgIpc) is 2.77. The maximum absolute atomic E-state index is 6.16. The lowest BCUT2D eigenvalue weighted by Gasteiger charge is -2.07. The van der Waals surface area contributed by atoms with Gasteiger partial charge in [-0.25, -0.2) is 0 Å². The minimum absolute atomic E-state index is 0.619. The highest BCUT2D eigenvalue weighted by molar-refractivity contribution is 6.32. The fourth-order valence-corrected chi connectivity index (χ4v) is 1.72. The summed E-state index contributed by atoms with van der Waals surface area (Å²) < 4.78 is 1.66. The van der Waals surface area contributed by atoms with Crippen molar-refractivity contribution >= 4 is 11.6 Å². The van der Waals surface area contributed by atoms with Crippen LogP contribution in [0.15, 0.2) is 18.2 Å². The molecule has 17 heavy (non-hydrogen) atoms. The third-order valence-electron chi connectivity index (χ3n) is 2.40. The van der Waals surface area contributed by atoms with E-state index < -0.39 is 0 Å². The highest BCUT2D eigenvalue weighted by atomic mass is 35.5. The summed E-state index contributed by atoms with van der Waals surface area (Å²) in [6.45, 7) is 5.53. The first-order valence-electron chi connectivity index (χ1n) is 5.47. The first-order chi connectivity index (χ1) is 8.22. The Morgan fingerprint density at radius 2 is 2.24 bits per heavy atom. The normalized spacial score (nSPS) is 10.8. The second kappa shape index (κ2) is 5.25. The molecule has 2 aromatic rings. The van der Waals surface area contributed by atoms with E-state index in [1.54, 1.807) is 4.68 Å². The molecule has 0 aliphatic rings. The fraction of sp³-hybridized carbons (Fsp3) is 0.364. The predicted molar refractivity (Wildman–Crippen MR) is 66.3 cm³/mol. The lowest BCUT2D eigenvalue weighted by Crippen LogP contribution is -2.16. The minimum atomic E-state index is 0.619. The van der Waals surface area contributed by atoms with Crippen LogP contribution in [0.3, 0.4) is 0 Å². The van der Waals surface area contributed by atoms with Gasteiger partial charge in [0.1, 0.15) is 0 Å². The SMILES string of the molecule is CCNCc1nnnn1-c1cc(C)ccc1Cl. The molecule has 1 N–H and O–H groups in total. The van der Waals surface area contributed by atoms with Crippen LogP contribution in [-0.2, 0) is 6.54 Å². The molecular formula is C11H14ClN5. The molecule has 1 aromatic carbocycles. The largest absolute Gasteiger partial charge is 0.310 e. The van der Waals surface area contributed by atoms with E-state index in [1.165, 1.54) is 0 Å². The van der Waals surface area contributed by atoms with E-state index in [1.807, 2.05) is 32.0 Å². The monoisotopic (exact) mass is 251 g/mol. The number of hydrogen-bond acceptors (Lipinski definition) is 4. The van der Waals surface area contributed by atoms with Gasteiger partial charge in [-0.05, 0) is 41.6 Å². The number of tetrazole rings is 1. The van der Waals surface area contributed by atoms with Crippen molar-refractivity contribution in [2.24, 2.45) is 0 Å². The van der Waals surface area contributed by atoms with Gasteiger partial charge >= 0.3 is 0 Å². The van der Waals surface area contributed by atoms with Crippen LogP contribution >= 0.6 is 11.6 Å². The standard InChI is InChI=1S/C11H14ClN5/c1-3-13-7-11-14-15-16-17(11)10-6-8(2)4-5-9(10)12/h4-6,13H,3,7H2,1-2H3. The van der Waals surface area contributed by atoms with Gasteiger partial charge in [0.25, 0.3) is 0 Å². The summed E-state index contributed by atoms with van der Waals surface area (Å²) in [7, 11) is 0. The van der Waals surface area contributed by atoms with Crippen LogP contribution in [-0.4, -0.2) is 26.8 Å². The molecule has 0 radical (unpaired) electrons. The van der Waals surface area contributed by atoms with Crippen molar-refractivity contribution in [2.75, 3.05) is 6.54 Å². The Morgan fingerprint density at radius 1 is 1.41 bits per heavy atom. The molecule has 1 heterocycles. The number of nitrogens with zero attached hydrogens (tertiary/aromatic N) is 4. The van der Waals surface area contributed by atoms with Gasteiger partial charge in [0, 0.05) is 0 Å². The average molecular weight is 252 g/mol. The van der Waals surface area contributed by atoms with Crippen LogP contribution in [0.25, 0.3) is 5.69 Å². The molecule has 0 spiro atoms. The molecule has 0 fully saturated rings. The highest BCUT2D eigenvalue weighted by Crippen LogP contribution is 2.21. The molecular weight excluding hydrogens is 238 g/mol. The van der Waals surface area contributed by atoms with Gasteiger partial charge in [-0.2, -0.15) is 4.68 Å². The maximum Gasteiger partial charge on any atom is 0.170 e. The Balaban J connectivity index is 2.38. The molecule has 0 unspecified atom stereocenters. The van der Waals surface area contributed by atoms with Gasteiger partial charge < -0.3 is 5.32 Å². The Kier molecular flexibility index (Phi) is 3.71. The zero-order valence-corrected chi connectivity index (χ0v) is 10.6. The summed E-state index contributed by atoms with van der Waals surface area (Å²) in [4.78, 5) is 0. The van der Waals surface area contributed by atoms with Crippen LogP contribution in [0.5, 0.6) is 0 Å². The van der Waals surface area contributed by atoms with Crippen LogP contribution in [0.4, 0.5) is 0 Å². The number of nitrogens with one attached hydrogen (secondary N) is 1. The van der Waals surface area contributed by atoms with E-state index >= 15 is 0 Å². The Bertz CT molecular complexity index is 508. The number of benzene rings is 1. The third-order valence-corrected chi connectivity index (χ3v) is 2.72. The number of rotatable bonds is 4. The lowest BCUT2D eigenvalue weighted by atomic mass is 10.2. The van der Waals surface area contributed by atoms with Crippen molar-refractivity contribution in [3.63, 3.8) is 0 Å². The van der Waals surface area contributed by atoms with E-state index in [0.29, 0.717) is 11.6 Å². The first-order valence-corrected chi connectivity index (χ1v) is 5.84. The van der Waals surface area contributed by atoms with Crippen LogP contribution in [0.2, 0.25) is 5.02 Å². The van der Waals surface area contributed by atoms with Gasteiger partial charge in [0.2, 0.25) is 0 Å². The smallest absolute Gasteiger partial charge is 0.170 e. The number of aromatic nitrogens is 4. The van der Waals surface area contributed by atoms with Crippen LogP contribution in [0, 0.1) is 6.92 Å². The second-order valence-corrected chi connectivity index (χ2v) is 4.15. The van der Waals surface area contributed by atoms with Crippen LogP contribution < -0.4 is 5.32 Å². The summed E-state index contributed by atoms with van der Waals surface area (Å²) in [5, 5.41) is 15.5. The zero-order chi connectivity index (χ0) is 12.3. The van der Waals surface area contributed by atoms with Crippen molar-refractivity contribution < 1.29 is 0 Å². The molecule has 0 atom stereocenters. The van der Waals surface area contributed by atoms with E-state index in [9.17, 15) is 0 Å². The number of halogens is 1. The van der Waals surface area contributed by atoms with E-state index in [-0.39, 0.29) is 0 Å². The topological polar surface area (TPSA) is 55.6 Å². The molecule has 0 saturated carbocycles. The van der Waals surface area contributed by atoms with Gasteiger partial charge in [-0.1, -0.05) is 24.6 Å². The summed E-state index contributed by atoms with van der Waals surface area (Å²) in [5.41, 5.74) is 1.93. The van der Waals surface area contributed by atoms with E-state index in [4.69, 9.17) is 11.6 Å². The molecule has 0 aliphatic heterocycles. The van der Waals surface area contributed by atoms with E-state index in [0.717, 1.165) is 23.6 Å². The Labute approximate surface area is 105 Å². The van der Waals surface area contributed by atoms with Crippen molar-refractivity contribution in [2.45, 2.75) is 20.4 Å². The molecule has 90 valence electrons. The first kappa shape index (κ1) is 12.0. The molecule has 5 nitrogen and oxygen atoms in total. The molecule has 0 bridgehead atoms. The Hall–Kier alpha value is -1.46. The molecule has 6 heteroatoms. The van der Waals surface area contributed by atoms with E-state index in [2.05, 4.69) is 20.8 Å². The zero-order valence-electron chi connectivity index (χ0n) is 9.81. The number of hydrogen-bond donors (Lipinski definition) is 1. The van der Waals surface area contributed by atoms with Crippen LogP contribution in [0.1, 0.15) is 18.3 Å². The van der Waals surface area contributed by atoms with Crippen molar-refractivity contribution in [1.29, 1.82) is 0 Å². The second-order valence-electron chi connectivity index (χ2n) is 3.74. The quantitative estimate of drug-likeness (QED) is 0.899. The van der Waals surface area contributed by atoms with Crippen molar-refractivity contribution in [3.05, 3.63) is 34.6 Å². The van der Waals surface area contributed by atoms with Gasteiger partial charge in [0.15, 0.2) is 5.82 Å². The fourth-order valence-electron chi connectivity index (χ4n) is 1.52. The van der Waals surface area contributed by atoms with Gasteiger partial charge in [-0.15, -0.1) is 5.10 Å². The third kappa shape index (κ3) is 2.62. The minimum Gasteiger partial charge on any atom is -0.310 e. The molecule has 0 aliphatic carbocycles. The van der Waals surface area contributed by atoms with Gasteiger partial charge in [-0.3, -0.25) is 0 Å². The lowest BCUT2D eigenvalue weighted by molar-refractivity contribution is 0.664. The summed E-state index contributed by atoms with van der Waals surface area (Å²) in [5.74, 6) is 0.749. The Morgan fingerprint density at radius 3 is 3.00 bits per heavy atom. The molecule has 1 aromatic heterocycles. The predicted octanol–water partition coefficient (Wildman–Crippen LogP) is 1.73. The van der Waals surface area contributed by atoms with Crippen molar-refractivity contribution in [1.82, 2.24) is 25.5 Å². The molecule has 0 amide bonds. The summed E-state index contributed by atoms with van der Waals surface area (Å²) in [6, 6.07) is 5.78. The molecule has 0 saturated heterocycles. The van der Waals surface area contributed by atoms with Crippen molar-refractivity contribution in [3.8, 4) is 5.69 Å². The maximum atomic E-state index is 6.16. The highest BCUT2D eigenvalue weighted by Gasteiger charge is 2.10. The molecule has 2 rings (SSSR count). The van der Waals surface area contributed by atoms with Gasteiger partial charge in [0.05, 0.1) is 17.3 Å². The summed E-state index contributed by atoms with van der Waals surface area (Å²) >= 11 is 6.16. The summed E-state index contributed by atoms with van der Waals surface area (Å²) in [6.07, 6.45) is 0. The number of aryl methyl sites for hydroxylation is 1.